The van der Waals surface area contributed by atoms with Crippen molar-refractivity contribution < 1.29 is 14.0 Å². The molecule has 3 heterocycles. The van der Waals surface area contributed by atoms with E-state index < -0.39 is 5.92 Å². The van der Waals surface area contributed by atoms with Crippen molar-refractivity contribution in [2.24, 2.45) is 5.73 Å². The Hall–Kier alpha value is -3.88. The number of ketones is 1. The number of furan rings is 1. The largest absolute Gasteiger partial charge is 0.468 e. The van der Waals surface area contributed by atoms with Crippen LogP contribution in [0.1, 0.15) is 42.1 Å². The third-order valence-corrected chi connectivity index (χ3v) is 8.44. The van der Waals surface area contributed by atoms with Crippen LogP contribution in [0, 0.1) is 25.2 Å². The van der Waals surface area contributed by atoms with E-state index in [2.05, 4.69) is 21.6 Å². The van der Waals surface area contributed by atoms with E-state index in [9.17, 15) is 14.9 Å². The molecule has 188 valence electrons. The van der Waals surface area contributed by atoms with E-state index in [1.165, 1.54) is 29.4 Å². The molecule has 3 aromatic rings. The summed E-state index contributed by atoms with van der Waals surface area (Å²) in [6, 6.07) is 11.5. The van der Waals surface area contributed by atoms with Gasteiger partial charge in [0, 0.05) is 23.4 Å². The van der Waals surface area contributed by atoms with Gasteiger partial charge < -0.3 is 15.5 Å². The van der Waals surface area contributed by atoms with Gasteiger partial charge in [-0.15, -0.1) is 10.2 Å². The number of nitrogens with zero attached hydrogens (tertiary/aromatic N) is 4. The molecule has 1 aromatic carbocycles. The standard InChI is InChI=1S/C26H24N6O3S2/c1-14-6-3-7-15(2)23(14)29-20(34)13-36-26-31-30-25(37-26)32-17-8-4-9-18(33)22(17)21(16(12-27)24(32)28)19-10-5-11-35-19/h3,5-7,10-11,21H,4,8-9,13,28H2,1-2H3,(H,29,34). The fraction of sp³-hybridized carbons (Fsp3) is 0.269. The molecule has 0 radical (unpaired) electrons. The number of aryl methyl sites for hydroxylation is 2. The van der Waals surface area contributed by atoms with Crippen molar-refractivity contribution in [3.63, 3.8) is 0 Å². The number of amides is 1. The van der Waals surface area contributed by atoms with Gasteiger partial charge in [0.1, 0.15) is 11.6 Å². The number of anilines is 2. The maximum atomic E-state index is 13.1. The SMILES string of the molecule is Cc1cccc(C)c1NC(=O)CSc1nnc(N2C(N)=C(C#N)C(c3ccco3)C3=C2CCCC3=O)s1. The highest BCUT2D eigenvalue weighted by Gasteiger charge is 2.42. The molecular formula is C26H24N6O3S2. The second kappa shape index (κ2) is 10.2. The van der Waals surface area contributed by atoms with E-state index in [-0.39, 0.29) is 28.8 Å². The molecule has 2 aliphatic rings. The summed E-state index contributed by atoms with van der Waals surface area (Å²) in [7, 11) is 0. The number of nitrogens with two attached hydrogens (primary N) is 1. The summed E-state index contributed by atoms with van der Waals surface area (Å²) < 4.78 is 6.17. The van der Waals surface area contributed by atoms with Crippen LogP contribution in [0.25, 0.3) is 0 Å². The van der Waals surface area contributed by atoms with E-state index in [4.69, 9.17) is 10.2 Å². The average Bonchev–Trinajstić information content (AvgIpc) is 3.57. The normalized spacial score (nSPS) is 17.6. The maximum Gasteiger partial charge on any atom is 0.234 e. The molecule has 0 bridgehead atoms. The number of aromatic nitrogens is 2. The van der Waals surface area contributed by atoms with E-state index in [0.29, 0.717) is 40.1 Å². The number of Topliss-reactive ketones (excluding diaryl/α,β-unsaturated/α-hetero) is 1. The number of carbonyl (C=O) groups excluding carboxylic acids is 2. The fourth-order valence-corrected chi connectivity index (χ4v) is 6.39. The number of rotatable bonds is 6. The molecule has 0 spiro atoms. The molecule has 37 heavy (non-hydrogen) atoms. The van der Waals surface area contributed by atoms with Crippen LogP contribution in [0.4, 0.5) is 10.8 Å². The van der Waals surface area contributed by atoms with Crippen molar-refractivity contribution in [3.8, 4) is 6.07 Å². The lowest BCUT2D eigenvalue weighted by Crippen LogP contribution is -2.38. The average molecular weight is 533 g/mol. The van der Waals surface area contributed by atoms with E-state index in [1.54, 1.807) is 17.0 Å². The molecular weight excluding hydrogens is 508 g/mol. The lowest BCUT2D eigenvalue weighted by molar-refractivity contribution is -0.116. The van der Waals surface area contributed by atoms with Crippen molar-refractivity contribution in [3.05, 3.63) is 76.1 Å². The zero-order chi connectivity index (χ0) is 26.1. The van der Waals surface area contributed by atoms with Crippen LogP contribution in [-0.2, 0) is 9.59 Å². The van der Waals surface area contributed by atoms with Gasteiger partial charge in [0.05, 0.1) is 29.6 Å². The third-order valence-electron chi connectivity index (χ3n) is 6.40. The van der Waals surface area contributed by atoms with Crippen molar-refractivity contribution in [2.75, 3.05) is 16.0 Å². The predicted molar refractivity (Wildman–Crippen MR) is 142 cm³/mol. The van der Waals surface area contributed by atoms with Crippen LogP contribution in [0.15, 0.2) is 68.0 Å². The smallest absolute Gasteiger partial charge is 0.234 e. The molecule has 0 saturated heterocycles. The first-order chi connectivity index (χ1) is 17.9. The Labute approximate surface area is 222 Å². The summed E-state index contributed by atoms with van der Waals surface area (Å²) in [4.78, 5) is 27.4. The first-order valence-electron chi connectivity index (χ1n) is 11.7. The number of thioether (sulfide) groups is 1. The maximum absolute atomic E-state index is 13.1. The number of hydrogen-bond acceptors (Lipinski definition) is 10. The van der Waals surface area contributed by atoms with Crippen LogP contribution in [-0.4, -0.2) is 27.6 Å². The van der Waals surface area contributed by atoms with Crippen molar-refractivity contribution in [1.29, 1.82) is 5.26 Å². The number of para-hydroxylation sites is 1. The Morgan fingerprint density at radius 3 is 2.76 bits per heavy atom. The molecule has 0 fully saturated rings. The van der Waals surface area contributed by atoms with Crippen LogP contribution in [0.5, 0.6) is 0 Å². The number of hydrogen-bond donors (Lipinski definition) is 2. The van der Waals surface area contributed by atoms with Crippen LogP contribution < -0.4 is 16.0 Å². The second-order valence-corrected chi connectivity index (χ2v) is 11.0. The Kier molecular flexibility index (Phi) is 6.86. The number of allylic oxidation sites excluding steroid dienone is 3. The Balaban J connectivity index is 1.40. The topological polar surface area (TPSA) is 138 Å². The molecule has 3 N–H and O–H groups in total. The molecule has 1 atom stereocenters. The Morgan fingerprint density at radius 2 is 2.05 bits per heavy atom. The molecule has 1 amide bonds. The highest BCUT2D eigenvalue weighted by atomic mass is 32.2. The summed E-state index contributed by atoms with van der Waals surface area (Å²) in [5, 5.41) is 22.0. The minimum Gasteiger partial charge on any atom is -0.468 e. The van der Waals surface area contributed by atoms with Crippen molar-refractivity contribution in [2.45, 2.75) is 43.4 Å². The summed E-state index contributed by atoms with van der Waals surface area (Å²) in [6.07, 6.45) is 3.20. The fourth-order valence-electron chi connectivity index (χ4n) is 4.71. The van der Waals surface area contributed by atoms with Crippen molar-refractivity contribution in [1.82, 2.24) is 10.2 Å². The number of carbonyl (C=O) groups is 2. The lowest BCUT2D eigenvalue weighted by atomic mass is 9.78. The van der Waals surface area contributed by atoms with Gasteiger partial charge in [-0.25, -0.2) is 0 Å². The van der Waals surface area contributed by atoms with E-state index >= 15 is 0 Å². The third kappa shape index (κ3) is 4.65. The van der Waals surface area contributed by atoms with Gasteiger partial charge in [0.2, 0.25) is 11.0 Å². The molecule has 11 heteroatoms. The van der Waals surface area contributed by atoms with E-state index in [1.807, 2.05) is 32.0 Å². The predicted octanol–water partition coefficient (Wildman–Crippen LogP) is 4.78. The minimum absolute atomic E-state index is 0.0322. The summed E-state index contributed by atoms with van der Waals surface area (Å²) in [6.45, 7) is 3.91. The monoisotopic (exact) mass is 532 g/mol. The summed E-state index contributed by atoms with van der Waals surface area (Å²) >= 11 is 2.53. The van der Waals surface area contributed by atoms with Gasteiger partial charge in [-0.05, 0) is 49.9 Å². The molecule has 1 aliphatic heterocycles. The summed E-state index contributed by atoms with van der Waals surface area (Å²) in [5.41, 5.74) is 10.8. The first kappa shape index (κ1) is 24.8. The molecule has 1 unspecified atom stereocenters. The first-order valence-corrected chi connectivity index (χ1v) is 13.5. The van der Waals surface area contributed by atoms with Crippen LogP contribution >= 0.6 is 23.1 Å². The Morgan fingerprint density at radius 1 is 1.27 bits per heavy atom. The molecule has 1 aliphatic carbocycles. The van der Waals surface area contributed by atoms with Crippen molar-refractivity contribution >= 4 is 45.6 Å². The van der Waals surface area contributed by atoms with Gasteiger partial charge >= 0.3 is 0 Å². The summed E-state index contributed by atoms with van der Waals surface area (Å²) in [5.74, 6) is 0.0460. The number of benzene rings is 1. The second-order valence-electron chi connectivity index (χ2n) is 8.79. The quantitative estimate of drug-likeness (QED) is 0.429. The van der Waals surface area contributed by atoms with Crippen LogP contribution in [0.2, 0.25) is 0 Å². The van der Waals surface area contributed by atoms with Gasteiger partial charge in [0.25, 0.3) is 0 Å². The zero-order valence-electron chi connectivity index (χ0n) is 20.3. The minimum atomic E-state index is -0.644. The zero-order valence-corrected chi connectivity index (χ0v) is 21.9. The number of nitriles is 1. The van der Waals surface area contributed by atoms with Gasteiger partial charge in [-0.2, -0.15) is 5.26 Å². The highest BCUT2D eigenvalue weighted by molar-refractivity contribution is 8.01. The highest BCUT2D eigenvalue weighted by Crippen LogP contribution is 2.47. The van der Waals surface area contributed by atoms with Crippen LogP contribution in [0.3, 0.4) is 0 Å². The van der Waals surface area contributed by atoms with E-state index in [0.717, 1.165) is 22.5 Å². The molecule has 2 aromatic heterocycles. The van der Waals surface area contributed by atoms with Gasteiger partial charge in [-0.3, -0.25) is 14.5 Å². The molecule has 5 rings (SSSR count). The van der Waals surface area contributed by atoms with Gasteiger partial charge in [0.15, 0.2) is 10.1 Å². The molecule has 0 saturated carbocycles. The Bertz CT molecular complexity index is 1460. The lowest BCUT2D eigenvalue weighted by Gasteiger charge is -2.37. The number of nitrogens with one attached hydrogen (secondary N) is 1. The molecule has 9 nitrogen and oxygen atoms in total. The van der Waals surface area contributed by atoms with Gasteiger partial charge in [-0.1, -0.05) is 41.3 Å².